The van der Waals surface area contributed by atoms with Crippen LogP contribution in [0.2, 0.25) is 0 Å². The molecule has 2 aromatic rings. The van der Waals surface area contributed by atoms with Gasteiger partial charge < -0.3 is 15.7 Å². The first kappa shape index (κ1) is 17.8. The average molecular weight is 342 g/mol. The van der Waals surface area contributed by atoms with Crippen molar-refractivity contribution >= 4 is 6.03 Å². The number of hydrogen-bond donors (Lipinski definition) is 3. The number of nitrogens with zero attached hydrogens (tertiary/aromatic N) is 2. The van der Waals surface area contributed by atoms with E-state index >= 15 is 0 Å². The van der Waals surface area contributed by atoms with Crippen LogP contribution in [0.5, 0.6) is 0 Å². The van der Waals surface area contributed by atoms with E-state index in [1.807, 2.05) is 0 Å². The lowest BCUT2D eigenvalue weighted by molar-refractivity contribution is 0.216. The summed E-state index contributed by atoms with van der Waals surface area (Å²) in [5.74, 6) is -4.37. The summed E-state index contributed by atoms with van der Waals surface area (Å²) in [6, 6.07) is 1.59. The Morgan fingerprint density at radius 2 is 2.00 bits per heavy atom. The first-order valence-corrected chi connectivity index (χ1v) is 7.28. The highest BCUT2D eigenvalue weighted by atomic mass is 19.2. The molecule has 0 radical (unpaired) electrons. The number of urea groups is 1. The number of rotatable bonds is 7. The van der Waals surface area contributed by atoms with Gasteiger partial charge >= 0.3 is 6.03 Å². The number of benzene rings is 1. The number of aliphatic hydroxyl groups is 1. The molecule has 1 aromatic heterocycles. The molecule has 24 heavy (non-hydrogen) atoms. The van der Waals surface area contributed by atoms with E-state index in [2.05, 4.69) is 15.7 Å². The monoisotopic (exact) mass is 342 g/mol. The maximum absolute atomic E-state index is 13.2. The van der Waals surface area contributed by atoms with Gasteiger partial charge in [0.2, 0.25) is 0 Å². The van der Waals surface area contributed by atoms with E-state index in [1.54, 1.807) is 23.1 Å². The second-order valence-electron chi connectivity index (χ2n) is 5.06. The number of carbonyl (C=O) groups excluding carboxylic acids is 1. The lowest BCUT2D eigenvalue weighted by atomic mass is 10.1. The minimum Gasteiger partial charge on any atom is -0.394 e. The summed E-state index contributed by atoms with van der Waals surface area (Å²) in [5.41, 5.74) is -0.0689. The zero-order chi connectivity index (χ0) is 17.5. The highest BCUT2D eigenvalue weighted by molar-refractivity contribution is 5.74. The summed E-state index contributed by atoms with van der Waals surface area (Å²) in [6.07, 6.45) is 4.06. The predicted molar refractivity (Wildman–Crippen MR) is 79.5 cm³/mol. The van der Waals surface area contributed by atoms with Gasteiger partial charge in [-0.15, -0.1) is 0 Å². The number of amides is 2. The summed E-state index contributed by atoms with van der Waals surface area (Å²) in [7, 11) is 0. The van der Waals surface area contributed by atoms with E-state index in [1.165, 1.54) is 0 Å². The SMILES string of the molecule is O=C(NCCCn1cccn1)NC(CO)c1cc(F)c(F)c(F)c1. The average Bonchev–Trinajstić information content (AvgIpc) is 3.07. The van der Waals surface area contributed by atoms with Crippen LogP contribution in [0.4, 0.5) is 18.0 Å². The third-order valence-corrected chi connectivity index (χ3v) is 3.31. The summed E-state index contributed by atoms with van der Waals surface area (Å²) < 4.78 is 41.1. The fraction of sp³-hybridized carbons (Fsp3) is 0.333. The molecule has 2 rings (SSSR count). The smallest absolute Gasteiger partial charge is 0.315 e. The largest absolute Gasteiger partial charge is 0.394 e. The topological polar surface area (TPSA) is 79.2 Å². The molecular formula is C15H17F3N4O2. The number of halogens is 3. The van der Waals surface area contributed by atoms with Gasteiger partial charge in [0.25, 0.3) is 0 Å². The van der Waals surface area contributed by atoms with Gasteiger partial charge in [-0.05, 0) is 30.2 Å². The molecule has 0 aliphatic rings. The molecule has 130 valence electrons. The number of carbonyl (C=O) groups is 1. The number of hydrogen-bond acceptors (Lipinski definition) is 3. The number of aromatic nitrogens is 2. The highest BCUT2D eigenvalue weighted by Crippen LogP contribution is 2.19. The van der Waals surface area contributed by atoms with Crippen molar-refractivity contribution in [2.75, 3.05) is 13.2 Å². The molecule has 1 unspecified atom stereocenters. The lowest BCUT2D eigenvalue weighted by Crippen LogP contribution is -2.39. The normalized spacial score (nSPS) is 12.0. The van der Waals surface area contributed by atoms with E-state index in [0.717, 1.165) is 12.1 Å². The Labute approximate surface area is 136 Å². The molecule has 0 spiro atoms. The molecule has 0 aliphatic carbocycles. The van der Waals surface area contributed by atoms with E-state index in [0.29, 0.717) is 19.5 Å². The van der Waals surface area contributed by atoms with Crippen LogP contribution in [0.1, 0.15) is 18.0 Å². The quantitative estimate of drug-likeness (QED) is 0.530. The van der Waals surface area contributed by atoms with E-state index in [4.69, 9.17) is 0 Å². The molecule has 0 saturated heterocycles. The van der Waals surface area contributed by atoms with Crippen LogP contribution in [-0.4, -0.2) is 34.1 Å². The highest BCUT2D eigenvalue weighted by Gasteiger charge is 2.18. The Morgan fingerprint density at radius 3 is 2.58 bits per heavy atom. The Kier molecular flexibility index (Phi) is 6.19. The summed E-state index contributed by atoms with van der Waals surface area (Å²) in [6.45, 7) is 0.367. The predicted octanol–water partition coefficient (Wildman–Crippen LogP) is 1.72. The second-order valence-corrected chi connectivity index (χ2v) is 5.06. The van der Waals surface area contributed by atoms with Crippen LogP contribution in [0.25, 0.3) is 0 Å². The zero-order valence-electron chi connectivity index (χ0n) is 12.7. The minimum atomic E-state index is -1.60. The molecule has 0 aliphatic heterocycles. The van der Waals surface area contributed by atoms with Crippen LogP contribution in [-0.2, 0) is 6.54 Å². The van der Waals surface area contributed by atoms with Gasteiger partial charge in [-0.3, -0.25) is 4.68 Å². The van der Waals surface area contributed by atoms with Crippen molar-refractivity contribution in [3.8, 4) is 0 Å². The standard InChI is InChI=1S/C15H17F3N4O2/c16-11-7-10(8-12(17)14(11)18)13(9-23)21-15(24)19-3-1-5-22-6-2-4-20-22/h2,4,6-8,13,23H,1,3,5,9H2,(H2,19,21,24). The lowest BCUT2D eigenvalue weighted by Gasteiger charge is -2.17. The van der Waals surface area contributed by atoms with Crippen LogP contribution in [0.15, 0.2) is 30.6 Å². The molecule has 0 saturated carbocycles. The van der Waals surface area contributed by atoms with E-state index in [9.17, 15) is 23.1 Å². The fourth-order valence-corrected chi connectivity index (χ4v) is 2.10. The Balaban J connectivity index is 1.84. The van der Waals surface area contributed by atoms with Gasteiger partial charge in [0, 0.05) is 25.5 Å². The molecule has 2 amide bonds. The molecule has 1 atom stereocenters. The molecule has 9 heteroatoms. The Morgan fingerprint density at radius 1 is 1.29 bits per heavy atom. The Hall–Kier alpha value is -2.55. The maximum Gasteiger partial charge on any atom is 0.315 e. The maximum atomic E-state index is 13.2. The second kappa shape index (κ2) is 8.34. The fourth-order valence-electron chi connectivity index (χ4n) is 2.10. The first-order chi connectivity index (χ1) is 11.5. The van der Waals surface area contributed by atoms with Gasteiger partial charge in [-0.2, -0.15) is 5.10 Å². The molecule has 3 N–H and O–H groups in total. The molecule has 1 heterocycles. The summed E-state index contributed by atoms with van der Waals surface area (Å²) in [5, 5.41) is 18.2. The molecular weight excluding hydrogens is 325 g/mol. The van der Waals surface area contributed by atoms with Gasteiger partial charge in [-0.1, -0.05) is 0 Å². The van der Waals surface area contributed by atoms with Crippen molar-refractivity contribution in [2.24, 2.45) is 0 Å². The van der Waals surface area contributed by atoms with Crippen LogP contribution in [0.3, 0.4) is 0 Å². The molecule has 6 nitrogen and oxygen atoms in total. The van der Waals surface area contributed by atoms with Crippen molar-refractivity contribution in [2.45, 2.75) is 19.0 Å². The Bertz CT molecular complexity index is 656. The van der Waals surface area contributed by atoms with Crippen molar-refractivity contribution in [3.05, 3.63) is 53.6 Å². The van der Waals surface area contributed by atoms with E-state index in [-0.39, 0.29) is 5.56 Å². The van der Waals surface area contributed by atoms with Gasteiger partial charge in [0.1, 0.15) is 0 Å². The van der Waals surface area contributed by atoms with Gasteiger partial charge in [-0.25, -0.2) is 18.0 Å². The zero-order valence-corrected chi connectivity index (χ0v) is 12.7. The molecule has 0 bridgehead atoms. The van der Waals surface area contributed by atoms with Crippen molar-refractivity contribution in [1.29, 1.82) is 0 Å². The molecule has 0 fully saturated rings. The number of nitrogens with one attached hydrogen (secondary N) is 2. The third-order valence-electron chi connectivity index (χ3n) is 3.31. The number of aliphatic hydroxyl groups excluding tert-OH is 1. The van der Waals surface area contributed by atoms with Crippen LogP contribution < -0.4 is 10.6 Å². The van der Waals surface area contributed by atoms with Crippen molar-refractivity contribution in [1.82, 2.24) is 20.4 Å². The van der Waals surface area contributed by atoms with Crippen molar-refractivity contribution < 1.29 is 23.1 Å². The van der Waals surface area contributed by atoms with Crippen LogP contribution in [0, 0.1) is 17.5 Å². The van der Waals surface area contributed by atoms with Gasteiger partial charge in [0.05, 0.1) is 12.6 Å². The number of aryl methyl sites for hydroxylation is 1. The minimum absolute atomic E-state index is 0.0689. The van der Waals surface area contributed by atoms with Crippen LogP contribution >= 0.6 is 0 Å². The van der Waals surface area contributed by atoms with Gasteiger partial charge in [0.15, 0.2) is 17.5 Å². The summed E-state index contributed by atoms with van der Waals surface area (Å²) in [4.78, 5) is 11.8. The third kappa shape index (κ3) is 4.72. The first-order valence-electron chi connectivity index (χ1n) is 7.28. The van der Waals surface area contributed by atoms with Crippen molar-refractivity contribution in [3.63, 3.8) is 0 Å². The molecule has 1 aromatic carbocycles. The van der Waals surface area contributed by atoms with E-state index < -0.39 is 36.1 Å². The summed E-state index contributed by atoms with van der Waals surface area (Å²) >= 11 is 0.